The molecular formula is C22H20O2S. The highest BCUT2D eigenvalue weighted by Crippen LogP contribution is 2.65. The molecule has 2 aromatic carbocycles. The van der Waals surface area contributed by atoms with Crippen molar-refractivity contribution in [3.8, 4) is 0 Å². The molecule has 126 valence electrons. The Morgan fingerprint density at radius 3 is 2.08 bits per heavy atom. The van der Waals surface area contributed by atoms with Crippen molar-refractivity contribution in [2.45, 2.75) is 12.2 Å². The van der Waals surface area contributed by atoms with Crippen LogP contribution in [0.5, 0.6) is 0 Å². The van der Waals surface area contributed by atoms with Gasteiger partial charge in [0.25, 0.3) is 0 Å². The summed E-state index contributed by atoms with van der Waals surface area (Å²) < 4.78 is 26.6. The predicted molar refractivity (Wildman–Crippen MR) is 100 cm³/mol. The van der Waals surface area contributed by atoms with E-state index in [-0.39, 0.29) is 11.7 Å². The van der Waals surface area contributed by atoms with E-state index in [0.29, 0.717) is 22.7 Å². The molecule has 0 heterocycles. The van der Waals surface area contributed by atoms with Crippen LogP contribution in [-0.2, 0) is 15.6 Å². The number of benzene rings is 2. The Morgan fingerprint density at radius 2 is 1.40 bits per heavy atom. The molecule has 0 unspecified atom stereocenters. The van der Waals surface area contributed by atoms with E-state index >= 15 is 0 Å². The molecule has 25 heavy (non-hydrogen) atoms. The van der Waals surface area contributed by atoms with Crippen LogP contribution in [0.25, 0.3) is 5.57 Å². The molecule has 2 bridgehead atoms. The van der Waals surface area contributed by atoms with E-state index in [1.807, 2.05) is 48.5 Å². The highest BCUT2D eigenvalue weighted by atomic mass is 32.2. The van der Waals surface area contributed by atoms with Gasteiger partial charge < -0.3 is 0 Å². The number of rotatable bonds is 4. The summed E-state index contributed by atoms with van der Waals surface area (Å²) in [5.41, 5.74) is 3.03. The Bertz CT molecular complexity index is 971. The summed E-state index contributed by atoms with van der Waals surface area (Å²) in [7, 11) is -3.30. The molecule has 2 aromatic rings. The fourth-order valence-electron chi connectivity index (χ4n) is 5.02. The minimum atomic E-state index is -3.30. The molecule has 3 aliphatic rings. The van der Waals surface area contributed by atoms with Crippen molar-refractivity contribution in [2.75, 3.05) is 0 Å². The first kappa shape index (κ1) is 15.2. The van der Waals surface area contributed by atoms with Gasteiger partial charge in [0.2, 0.25) is 0 Å². The third kappa shape index (κ3) is 2.26. The molecule has 0 aliphatic heterocycles. The SMILES string of the molecule is O=S(=O)(Cc1ccccc1)C1=C(c2ccccc2)[C@@H]2[C@H]1[C@H]1C=C[C@@H]2C1. The highest BCUT2D eigenvalue weighted by molar-refractivity contribution is 7.94. The summed E-state index contributed by atoms with van der Waals surface area (Å²) in [6.07, 6.45) is 5.65. The number of hydrogen-bond acceptors (Lipinski definition) is 2. The Balaban J connectivity index is 1.61. The molecule has 3 heteroatoms. The molecule has 0 amide bonds. The molecule has 0 radical (unpaired) electrons. The van der Waals surface area contributed by atoms with Crippen molar-refractivity contribution in [1.29, 1.82) is 0 Å². The molecule has 1 saturated carbocycles. The molecular weight excluding hydrogens is 328 g/mol. The van der Waals surface area contributed by atoms with E-state index in [0.717, 1.165) is 23.1 Å². The number of hydrogen-bond donors (Lipinski definition) is 0. The largest absolute Gasteiger partial charge is 0.224 e. The first-order valence-electron chi connectivity index (χ1n) is 8.89. The van der Waals surface area contributed by atoms with Gasteiger partial charge in [0.1, 0.15) is 0 Å². The molecule has 3 aliphatic carbocycles. The highest BCUT2D eigenvalue weighted by Gasteiger charge is 2.58. The lowest BCUT2D eigenvalue weighted by atomic mass is 9.66. The van der Waals surface area contributed by atoms with Gasteiger partial charge in [-0.1, -0.05) is 72.8 Å². The van der Waals surface area contributed by atoms with E-state index in [9.17, 15) is 8.42 Å². The van der Waals surface area contributed by atoms with Gasteiger partial charge in [-0.25, -0.2) is 8.42 Å². The molecule has 0 spiro atoms. The summed E-state index contributed by atoms with van der Waals surface area (Å²) in [5, 5.41) is 0. The Hall–Kier alpha value is -2.13. The van der Waals surface area contributed by atoms with Crippen molar-refractivity contribution in [1.82, 2.24) is 0 Å². The number of allylic oxidation sites excluding steroid dienone is 4. The third-order valence-electron chi connectivity index (χ3n) is 5.98. The summed E-state index contributed by atoms with van der Waals surface area (Å²) in [4.78, 5) is 0.712. The van der Waals surface area contributed by atoms with Crippen LogP contribution in [0.3, 0.4) is 0 Å². The normalized spacial score (nSPS) is 29.6. The standard InChI is InChI=1S/C22H20O2S/c23-25(24,14-15-7-3-1-4-8-15)22-20(16-9-5-2-6-10-16)19-17-11-12-18(13-17)21(19)22/h1-12,17-19,21H,13-14H2/t17-,18+,19-,21-/m1/s1. The van der Waals surface area contributed by atoms with Crippen LogP contribution >= 0.6 is 0 Å². The molecule has 5 rings (SSSR count). The fourth-order valence-corrected chi connectivity index (χ4v) is 7.13. The molecule has 2 nitrogen and oxygen atoms in total. The van der Waals surface area contributed by atoms with Gasteiger partial charge in [0.05, 0.1) is 10.7 Å². The minimum absolute atomic E-state index is 0.101. The van der Waals surface area contributed by atoms with E-state index < -0.39 is 9.84 Å². The third-order valence-corrected chi connectivity index (χ3v) is 7.86. The van der Waals surface area contributed by atoms with Crippen molar-refractivity contribution in [3.05, 3.63) is 88.8 Å². The monoisotopic (exact) mass is 348 g/mol. The summed E-state index contributed by atoms with van der Waals surface area (Å²) in [6, 6.07) is 19.6. The molecule has 0 aromatic heterocycles. The zero-order chi connectivity index (χ0) is 17.0. The average molecular weight is 348 g/mol. The van der Waals surface area contributed by atoms with Crippen LogP contribution in [0.2, 0.25) is 0 Å². The van der Waals surface area contributed by atoms with Crippen molar-refractivity contribution in [2.24, 2.45) is 23.7 Å². The molecule has 0 saturated heterocycles. The van der Waals surface area contributed by atoms with E-state index in [1.54, 1.807) is 0 Å². The van der Waals surface area contributed by atoms with Crippen LogP contribution < -0.4 is 0 Å². The maximum Gasteiger partial charge on any atom is 0.179 e. The topological polar surface area (TPSA) is 34.1 Å². The van der Waals surface area contributed by atoms with Crippen LogP contribution in [0, 0.1) is 23.7 Å². The van der Waals surface area contributed by atoms with Crippen LogP contribution in [0.15, 0.2) is 77.7 Å². The second-order valence-electron chi connectivity index (χ2n) is 7.39. The van der Waals surface area contributed by atoms with Crippen LogP contribution in [0.4, 0.5) is 0 Å². The Labute approximate surface area is 148 Å². The van der Waals surface area contributed by atoms with Gasteiger partial charge >= 0.3 is 0 Å². The molecule has 0 N–H and O–H groups in total. The quantitative estimate of drug-likeness (QED) is 0.764. The summed E-state index contributed by atoms with van der Waals surface area (Å²) >= 11 is 0. The minimum Gasteiger partial charge on any atom is -0.224 e. The van der Waals surface area contributed by atoms with Gasteiger partial charge in [0, 0.05) is 5.92 Å². The lowest BCUT2D eigenvalue weighted by molar-refractivity contribution is 0.404. The Kier molecular flexibility index (Phi) is 3.29. The van der Waals surface area contributed by atoms with Crippen molar-refractivity contribution >= 4 is 15.4 Å². The second-order valence-corrected chi connectivity index (χ2v) is 9.35. The predicted octanol–water partition coefficient (Wildman–Crippen LogP) is 4.46. The Morgan fingerprint density at radius 1 is 0.800 bits per heavy atom. The zero-order valence-corrected chi connectivity index (χ0v) is 14.7. The average Bonchev–Trinajstić information content (AvgIpc) is 3.14. The fraction of sp³-hybridized carbons (Fsp3) is 0.273. The van der Waals surface area contributed by atoms with E-state index in [4.69, 9.17) is 0 Å². The maximum atomic E-state index is 13.3. The van der Waals surface area contributed by atoms with Gasteiger partial charge in [-0.2, -0.15) is 0 Å². The van der Waals surface area contributed by atoms with Crippen LogP contribution in [0.1, 0.15) is 17.5 Å². The van der Waals surface area contributed by atoms with E-state index in [2.05, 4.69) is 24.3 Å². The van der Waals surface area contributed by atoms with Gasteiger partial charge in [-0.15, -0.1) is 0 Å². The van der Waals surface area contributed by atoms with E-state index in [1.165, 1.54) is 0 Å². The van der Waals surface area contributed by atoms with Crippen molar-refractivity contribution in [3.63, 3.8) is 0 Å². The van der Waals surface area contributed by atoms with Crippen LogP contribution in [-0.4, -0.2) is 8.42 Å². The first-order chi connectivity index (χ1) is 12.1. The summed E-state index contributed by atoms with van der Waals surface area (Å²) in [6.45, 7) is 0. The van der Waals surface area contributed by atoms with Gasteiger partial charge in [-0.05, 0) is 40.9 Å². The molecule has 4 atom stereocenters. The summed E-state index contributed by atoms with van der Waals surface area (Å²) in [5.74, 6) is 1.60. The first-order valence-corrected chi connectivity index (χ1v) is 10.5. The molecule has 1 fully saturated rings. The van der Waals surface area contributed by atoms with Gasteiger partial charge in [0.15, 0.2) is 9.84 Å². The smallest absolute Gasteiger partial charge is 0.179 e. The lowest BCUT2D eigenvalue weighted by Gasteiger charge is -2.43. The number of fused-ring (bicyclic) bond motifs is 5. The number of sulfone groups is 1. The maximum absolute atomic E-state index is 13.3. The lowest BCUT2D eigenvalue weighted by Crippen LogP contribution is -2.37. The van der Waals surface area contributed by atoms with Crippen molar-refractivity contribution < 1.29 is 8.42 Å². The second kappa shape index (κ2) is 5.43. The van der Waals surface area contributed by atoms with Gasteiger partial charge in [-0.3, -0.25) is 0 Å². The zero-order valence-electron chi connectivity index (χ0n) is 13.9.